The highest BCUT2D eigenvalue weighted by atomic mass is 16.3. The molecular formula is C5H10N2O3. The van der Waals surface area contributed by atoms with Crippen molar-refractivity contribution in [1.82, 2.24) is 0 Å². The van der Waals surface area contributed by atoms with E-state index in [1.807, 2.05) is 0 Å². The first-order chi connectivity index (χ1) is 4.45. The topological polar surface area (TPSA) is 106 Å². The zero-order valence-corrected chi connectivity index (χ0v) is 5.63. The fourth-order valence-corrected chi connectivity index (χ4v) is 0.363. The molecule has 0 aliphatic heterocycles. The molecule has 0 saturated carbocycles. The summed E-state index contributed by atoms with van der Waals surface area (Å²) < 4.78 is 0. The van der Waals surface area contributed by atoms with Crippen molar-refractivity contribution in [2.24, 2.45) is 11.5 Å². The zero-order chi connectivity index (χ0) is 8.36. The highest BCUT2D eigenvalue weighted by Crippen LogP contribution is 1.98. The second-order valence-electron chi connectivity index (χ2n) is 2.05. The van der Waals surface area contributed by atoms with Crippen LogP contribution in [-0.4, -0.2) is 28.9 Å². The normalized spacial score (nSPS) is 15.9. The first kappa shape index (κ1) is 9.06. The average molecular weight is 146 g/mol. The standard InChI is InChI=1S/C5H10N2O3/c1-3(9)5(7,2-8)4(6)10/h8H,2,7H2,1H3,(H2,6,10)/t5-/m0/s1. The maximum absolute atomic E-state index is 10.6. The molecule has 0 aromatic rings. The maximum Gasteiger partial charge on any atom is 0.247 e. The van der Waals surface area contributed by atoms with Gasteiger partial charge in [0.15, 0.2) is 11.3 Å². The van der Waals surface area contributed by atoms with Gasteiger partial charge in [-0.25, -0.2) is 0 Å². The van der Waals surface area contributed by atoms with Crippen LogP contribution in [0.25, 0.3) is 0 Å². The Balaban J connectivity index is 4.55. The van der Waals surface area contributed by atoms with Gasteiger partial charge in [-0.15, -0.1) is 0 Å². The van der Waals surface area contributed by atoms with Crippen LogP contribution in [0.2, 0.25) is 0 Å². The molecule has 0 radical (unpaired) electrons. The predicted octanol–water partition coefficient (Wildman–Crippen LogP) is -2.25. The van der Waals surface area contributed by atoms with Gasteiger partial charge in [-0.3, -0.25) is 9.59 Å². The molecule has 0 aliphatic carbocycles. The summed E-state index contributed by atoms with van der Waals surface area (Å²) in [5.74, 6) is -1.65. The SMILES string of the molecule is CC(=O)[C@@](N)(CO)C(N)=O. The zero-order valence-electron chi connectivity index (χ0n) is 5.63. The summed E-state index contributed by atoms with van der Waals surface area (Å²) >= 11 is 0. The number of Topliss-reactive ketones (excluding diaryl/α,β-unsaturated/α-hetero) is 1. The fourth-order valence-electron chi connectivity index (χ4n) is 0.363. The van der Waals surface area contributed by atoms with Crippen molar-refractivity contribution in [3.05, 3.63) is 0 Å². The Morgan fingerprint density at radius 3 is 2.00 bits per heavy atom. The summed E-state index contributed by atoms with van der Waals surface area (Å²) in [6.07, 6.45) is 0. The number of hydrogen-bond donors (Lipinski definition) is 3. The summed E-state index contributed by atoms with van der Waals surface area (Å²) in [6, 6.07) is 0. The largest absolute Gasteiger partial charge is 0.393 e. The van der Waals surface area contributed by atoms with E-state index in [4.69, 9.17) is 16.6 Å². The van der Waals surface area contributed by atoms with Crippen molar-refractivity contribution < 1.29 is 14.7 Å². The number of rotatable bonds is 3. The van der Waals surface area contributed by atoms with Crippen LogP contribution in [0.5, 0.6) is 0 Å². The van der Waals surface area contributed by atoms with Gasteiger partial charge in [-0.2, -0.15) is 0 Å². The van der Waals surface area contributed by atoms with Gasteiger partial charge in [0.1, 0.15) is 0 Å². The van der Waals surface area contributed by atoms with Crippen molar-refractivity contribution in [3.8, 4) is 0 Å². The third-order valence-electron chi connectivity index (χ3n) is 1.32. The monoisotopic (exact) mass is 146 g/mol. The molecule has 0 unspecified atom stereocenters. The molecule has 5 heteroatoms. The van der Waals surface area contributed by atoms with E-state index in [9.17, 15) is 9.59 Å². The molecule has 0 heterocycles. The molecule has 0 spiro atoms. The minimum absolute atomic E-state index is 0.637. The van der Waals surface area contributed by atoms with Gasteiger partial charge in [0, 0.05) is 0 Å². The lowest BCUT2D eigenvalue weighted by molar-refractivity contribution is -0.134. The third-order valence-corrected chi connectivity index (χ3v) is 1.32. The molecule has 1 atom stereocenters. The van der Waals surface area contributed by atoms with Crippen LogP contribution in [0.4, 0.5) is 0 Å². The number of hydrogen-bond acceptors (Lipinski definition) is 4. The molecule has 0 aromatic heterocycles. The van der Waals surface area contributed by atoms with E-state index in [0.29, 0.717) is 0 Å². The number of ketones is 1. The number of primary amides is 1. The number of nitrogens with two attached hydrogens (primary N) is 2. The molecule has 1 amide bonds. The summed E-state index contributed by atoms with van der Waals surface area (Å²) in [7, 11) is 0. The second-order valence-corrected chi connectivity index (χ2v) is 2.05. The van der Waals surface area contributed by atoms with Gasteiger partial charge in [0.05, 0.1) is 6.61 Å². The molecule has 5 N–H and O–H groups in total. The van der Waals surface area contributed by atoms with Crippen LogP contribution < -0.4 is 11.5 Å². The van der Waals surface area contributed by atoms with Crippen molar-refractivity contribution in [2.45, 2.75) is 12.5 Å². The van der Waals surface area contributed by atoms with Gasteiger partial charge in [0.25, 0.3) is 0 Å². The maximum atomic E-state index is 10.6. The van der Waals surface area contributed by atoms with Crippen LogP contribution in [-0.2, 0) is 9.59 Å². The lowest BCUT2D eigenvalue weighted by Crippen LogP contribution is -2.60. The molecule has 0 fully saturated rings. The van der Waals surface area contributed by atoms with E-state index in [1.54, 1.807) is 0 Å². The van der Waals surface area contributed by atoms with E-state index in [-0.39, 0.29) is 0 Å². The van der Waals surface area contributed by atoms with E-state index < -0.39 is 23.8 Å². The molecule has 0 aliphatic rings. The second kappa shape index (κ2) is 2.76. The summed E-state index contributed by atoms with van der Waals surface area (Å²) in [6.45, 7) is 0.346. The highest BCUT2D eigenvalue weighted by molar-refractivity contribution is 6.08. The molecule has 0 saturated heterocycles. The van der Waals surface area contributed by atoms with Crippen LogP contribution >= 0.6 is 0 Å². The smallest absolute Gasteiger partial charge is 0.247 e. The fraction of sp³-hybridized carbons (Fsp3) is 0.600. The molecule has 10 heavy (non-hydrogen) atoms. The van der Waals surface area contributed by atoms with E-state index in [1.165, 1.54) is 0 Å². The van der Waals surface area contributed by atoms with E-state index in [0.717, 1.165) is 6.92 Å². The van der Waals surface area contributed by atoms with Crippen LogP contribution in [0.3, 0.4) is 0 Å². The van der Waals surface area contributed by atoms with Gasteiger partial charge in [-0.05, 0) is 6.92 Å². The minimum Gasteiger partial charge on any atom is -0.393 e. The Morgan fingerprint density at radius 2 is 2.00 bits per heavy atom. The Bertz CT molecular complexity index is 152. The number of aliphatic hydroxyl groups excluding tert-OH is 1. The predicted molar refractivity (Wildman–Crippen MR) is 33.9 cm³/mol. The third kappa shape index (κ3) is 1.31. The van der Waals surface area contributed by atoms with E-state index >= 15 is 0 Å². The number of amides is 1. The number of aliphatic hydroxyl groups is 1. The highest BCUT2D eigenvalue weighted by Gasteiger charge is 2.36. The molecule has 0 bridgehead atoms. The van der Waals surface area contributed by atoms with Crippen molar-refractivity contribution in [2.75, 3.05) is 6.61 Å². The Labute approximate surface area is 58.0 Å². The molecule has 58 valence electrons. The van der Waals surface area contributed by atoms with Gasteiger partial charge >= 0.3 is 0 Å². The van der Waals surface area contributed by atoms with Crippen LogP contribution in [0, 0.1) is 0 Å². The van der Waals surface area contributed by atoms with Gasteiger partial charge in [0.2, 0.25) is 5.91 Å². The summed E-state index contributed by atoms with van der Waals surface area (Å²) in [5.41, 5.74) is 7.94. The Kier molecular flexibility index (Phi) is 2.50. The first-order valence-electron chi connectivity index (χ1n) is 2.66. The minimum atomic E-state index is -1.90. The van der Waals surface area contributed by atoms with Crippen molar-refractivity contribution in [1.29, 1.82) is 0 Å². The molecule has 0 aromatic carbocycles. The lowest BCUT2D eigenvalue weighted by Gasteiger charge is -2.18. The summed E-state index contributed by atoms with van der Waals surface area (Å²) in [4.78, 5) is 21.0. The lowest BCUT2D eigenvalue weighted by atomic mass is 9.97. The number of carbonyl (C=O) groups is 2. The van der Waals surface area contributed by atoms with Gasteiger partial charge < -0.3 is 16.6 Å². The average Bonchev–Trinajstić information content (AvgIpc) is 1.85. The quantitative estimate of drug-likeness (QED) is 0.391. The van der Waals surface area contributed by atoms with Crippen LogP contribution in [0.1, 0.15) is 6.92 Å². The van der Waals surface area contributed by atoms with Crippen molar-refractivity contribution in [3.63, 3.8) is 0 Å². The molecule has 5 nitrogen and oxygen atoms in total. The van der Waals surface area contributed by atoms with E-state index in [2.05, 4.69) is 0 Å². The van der Waals surface area contributed by atoms with Crippen molar-refractivity contribution >= 4 is 11.7 Å². The summed E-state index contributed by atoms with van der Waals surface area (Å²) in [5, 5.41) is 8.48. The van der Waals surface area contributed by atoms with Crippen LogP contribution in [0.15, 0.2) is 0 Å². The molecule has 0 rings (SSSR count). The molecular weight excluding hydrogens is 136 g/mol. The Hall–Kier alpha value is -0.940. The van der Waals surface area contributed by atoms with Gasteiger partial charge in [-0.1, -0.05) is 0 Å². The first-order valence-corrected chi connectivity index (χ1v) is 2.66. The Morgan fingerprint density at radius 1 is 1.60 bits per heavy atom. The number of carbonyl (C=O) groups excluding carboxylic acids is 2.